The molecule has 0 saturated heterocycles. The smallest absolute Gasteiger partial charge is 0.410 e. The van der Waals surface area contributed by atoms with Crippen molar-refractivity contribution in [3.8, 4) is 0 Å². The summed E-state index contributed by atoms with van der Waals surface area (Å²) in [5.74, 6) is -0.819. The number of aliphatic imine (C=N–C) groups is 1. The molecular weight excluding hydrogens is 417 g/mol. The Hall–Kier alpha value is -1.52. The second kappa shape index (κ2) is 6.33. The Balaban J connectivity index is 2.77. The van der Waals surface area contributed by atoms with E-state index in [1.165, 1.54) is 39.1 Å². The number of sulfonamides is 1. The molecule has 25 heavy (non-hydrogen) atoms. The average molecular weight is 436 g/mol. The lowest BCUT2D eigenvalue weighted by Gasteiger charge is -2.29. The van der Waals surface area contributed by atoms with Crippen LogP contribution in [0.3, 0.4) is 0 Å². The first-order chi connectivity index (χ1) is 11.3. The summed E-state index contributed by atoms with van der Waals surface area (Å²) < 4.78 is 40.1. The van der Waals surface area contributed by atoms with E-state index in [0.717, 1.165) is 4.31 Å². The van der Waals surface area contributed by atoms with E-state index in [1.807, 2.05) is 0 Å². The molecule has 1 atom stereocenters. The maximum Gasteiger partial charge on any atom is 0.410 e. The number of carbonyl (C=O) groups is 1. The monoisotopic (exact) mass is 435 g/mol. The van der Waals surface area contributed by atoms with Crippen molar-refractivity contribution in [1.82, 2.24) is 9.62 Å². The molecule has 1 amide bonds. The number of rotatable bonds is 1. The molecule has 0 bridgehead atoms. The van der Waals surface area contributed by atoms with Crippen molar-refractivity contribution >= 4 is 37.9 Å². The third kappa shape index (κ3) is 3.42. The molecule has 1 aliphatic heterocycles. The van der Waals surface area contributed by atoms with E-state index in [4.69, 9.17) is 5.11 Å². The highest BCUT2D eigenvalue weighted by molar-refractivity contribution is 9.10. The second-order valence-corrected chi connectivity index (χ2v) is 10.1. The summed E-state index contributed by atoms with van der Waals surface area (Å²) in [5.41, 5.74) is -1.16. The number of amides is 1. The number of amidine groups is 1. The molecule has 0 saturated carbocycles. The molecule has 138 valence electrons. The SMILES string of the molecule is CN1C[C@@](C)(c2cc(Br)ccc2F)N=C(NC(=O)O)C(C)(C)S1(=O)=O. The number of hydrogen-bond donors (Lipinski definition) is 2. The number of likely N-dealkylation sites (N-methyl/N-ethyl adjacent to an activating group) is 1. The summed E-state index contributed by atoms with van der Waals surface area (Å²) >= 11 is 3.27. The Bertz CT molecular complexity index is 856. The second-order valence-electron chi connectivity index (χ2n) is 6.56. The van der Waals surface area contributed by atoms with Gasteiger partial charge in [-0.25, -0.2) is 21.9 Å². The molecule has 0 aliphatic carbocycles. The van der Waals surface area contributed by atoms with E-state index in [0.29, 0.717) is 4.47 Å². The molecule has 1 heterocycles. The van der Waals surface area contributed by atoms with Crippen LogP contribution in [-0.4, -0.2) is 48.1 Å². The van der Waals surface area contributed by atoms with Crippen LogP contribution in [0.25, 0.3) is 0 Å². The fourth-order valence-electron chi connectivity index (χ4n) is 2.78. The molecule has 10 heteroatoms. The lowest BCUT2D eigenvalue weighted by atomic mass is 9.91. The molecular formula is C15H19BrFN3O4S. The zero-order chi connectivity index (χ0) is 19.2. The molecule has 0 fully saturated rings. The summed E-state index contributed by atoms with van der Waals surface area (Å²) in [6.45, 7) is 4.14. The first-order valence-electron chi connectivity index (χ1n) is 7.33. The Morgan fingerprint density at radius 2 is 2.00 bits per heavy atom. The molecule has 1 aliphatic rings. The van der Waals surface area contributed by atoms with Crippen LogP contribution < -0.4 is 5.32 Å². The van der Waals surface area contributed by atoms with Crippen LogP contribution in [0.2, 0.25) is 0 Å². The van der Waals surface area contributed by atoms with E-state index < -0.39 is 32.2 Å². The lowest BCUT2D eigenvalue weighted by Crippen LogP contribution is -2.52. The van der Waals surface area contributed by atoms with E-state index in [9.17, 15) is 17.6 Å². The average Bonchev–Trinajstić information content (AvgIpc) is 2.51. The third-order valence-corrected chi connectivity index (χ3v) is 7.17. The standard InChI is InChI=1S/C15H19BrFN3O4S/c1-14(2)12(18-13(21)22)19-15(3,8-20(4)25(14,23)24)10-7-9(16)5-6-11(10)17/h5-7H,8H2,1-4H3,(H,18,19)(H,21,22)/t15-/m0/s1. The van der Waals surface area contributed by atoms with Gasteiger partial charge in [-0.1, -0.05) is 15.9 Å². The van der Waals surface area contributed by atoms with Gasteiger partial charge in [0.15, 0.2) is 0 Å². The van der Waals surface area contributed by atoms with Crippen molar-refractivity contribution in [2.45, 2.75) is 31.1 Å². The zero-order valence-corrected chi connectivity index (χ0v) is 16.6. The number of nitrogens with zero attached hydrogens (tertiary/aromatic N) is 2. The summed E-state index contributed by atoms with van der Waals surface area (Å²) in [4.78, 5) is 15.5. The highest BCUT2D eigenvalue weighted by atomic mass is 79.9. The molecule has 0 unspecified atom stereocenters. The van der Waals surface area contributed by atoms with Crippen LogP contribution in [0.4, 0.5) is 9.18 Å². The summed E-state index contributed by atoms with van der Waals surface area (Å²) in [5, 5.41) is 11.2. The van der Waals surface area contributed by atoms with Gasteiger partial charge < -0.3 is 5.11 Å². The fourth-order valence-corrected chi connectivity index (χ4v) is 4.69. The molecule has 0 spiro atoms. The normalized spacial score (nSPS) is 25.8. The Morgan fingerprint density at radius 1 is 1.40 bits per heavy atom. The minimum absolute atomic E-state index is 0.142. The number of halogens is 2. The maximum absolute atomic E-state index is 14.4. The van der Waals surface area contributed by atoms with Crippen LogP contribution in [0.15, 0.2) is 27.7 Å². The van der Waals surface area contributed by atoms with E-state index in [-0.39, 0.29) is 17.9 Å². The van der Waals surface area contributed by atoms with Crippen molar-refractivity contribution in [3.63, 3.8) is 0 Å². The quantitative estimate of drug-likeness (QED) is 0.707. The van der Waals surface area contributed by atoms with Gasteiger partial charge >= 0.3 is 6.09 Å². The number of hydrogen-bond acceptors (Lipinski definition) is 4. The highest BCUT2D eigenvalue weighted by Crippen LogP contribution is 2.37. The molecule has 0 aromatic heterocycles. The van der Waals surface area contributed by atoms with Gasteiger partial charge in [-0.15, -0.1) is 0 Å². The molecule has 1 aromatic carbocycles. The van der Waals surface area contributed by atoms with Crippen molar-refractivity contribution in [2.75, 3.05) is 13.6 Å². The fraction of sp³-hybridized carbons (Fsp3) is 0.467. The van der Waals surface area contributed by atoms with E-state index >= 15 is 0 Å². The van der Waals surface area contributed by atoms with Crippen molar-refractivity contribution < 1.29 is 22.7 Å². The largest absolute Gasteiger partial charge is 0.465 e. The summed E-state index contributed by atoms with van der Waals surface area (Å²) in [7, 11) is -2.56. The van der Waals surface area contributed by atoms with Crippen LogP contribution >= 0.6 is 15.9 Å². The minimum Gasteiger partial charge on any atom is -0.465 e. The van der Waals surface area contributed by atoms with Gasteiger partial charge in [0, 0.05) is 23.6 Å². The van der Waals surface area contributed by atoms with Gasteiger partial charge in [0.25, 0.3) is 0 Å². The van der Waals surface area contributed by atoms with Crippen molar-refractivity contribution in [3.05, 3.63) is 34.1 Å². The van der Waals surface area contributed by atoms with Crippen LogP contribution in [0, 0.1) is 5.82 Å². The van der Waals surface area contributed by atoms with Gasteiger partial charge in [0.2, 0.25) is 10.0 Å². The van der Waals surface area contributed by atoms with Gasteiger partial charge in [-0.2, -0.15) is 0 Å². The van der Waals surface area contributed by atoms with Gasteiger partial charge in [0.05, 0.1) is 0 Å². The summed E-state index contributed by atoms with van der Waals surface area (Å²) in [6.07, 6.45) is -1.44. The van der Waals surface area contributed by atoms with Gasteiger partial charge in [0.1, 0.15) is 21.9 Å². The predicted molar refractivity (Wildman–Crippen MR) is 95.7 cm³/mol. The first kappa shape index (κ1) is 19.8. The Labute approximate surface area is 154 Å². The topological polar surface area (TPSA) is 99.1 Å². The lowest BCUT2D eigenvalue weighted by molar-refractivity contribution is 0.199. The molecule has 2 N–H and O–H groups in total. The van der Waals surface area contributed by atoms with E-state index in [2.05, 4.69) is 26.2 Å². The first-order valence-corrected chi connectivity index (χ1v) is 9.56. The zero-order valence-electron chi connectivity index (χ0n) is 14.2. The number of benzene rings is 1. The third-order valence-electron chi connectivity index (χ3n) is 4.25. The van der Waals surface area contributed by atoms with Crippen LogP contribution in [0.1, 0.15) is 26.3 Å². The van der Waals surface area contributed by atoms with Crippen LogP contribution in [-0.2, 0) is 15.6 Å². The number of carboxylic acid groups (broad SMARTS) is 1. The maximum atomic E-state index is 14.4. The predicted octanol–water partition coefficient (Wildman–Crippen LogP) is 2.52. The number of nitrogens with one attached hydrogen (secondary N) is 1. The minimum atomic E-state index is -3.93. The highest BCUT2D eigenvalue weighted by Gasteiger charge is 2.49. The van der Waals surface area contributed by atoms with Crippen LogP contribution in [0.5, 0.6) is 0 Å². The van der Waals surface area contributed by atoms with E-state index in [1.54, 1.807) is 6.92 Å². The Morgan fingerprint density at radius 3 is 2.56 bits per heavy atom. The molecule has 0 radical (unpaired) electrons. The Kier molecular flexibility index (Phi) is 5.01. The van der Waals surface area contributed by atoms with Gasteiger partial charge in [-0.3, -0.25) is 10.3 Å². The molecule has 2 rings (SSSR count). The summed E-state index contributed by atoms with van der Waals surface area (Å²) in [6, 6.07) is 4.27. The van der Waals surface area contributed by atoms with Crippen molar-refractivity contribution in [2.24, 2.45) is 4.99 Å². The van der Waals surface area contributed by atoms with Gasteiger partial charge in [-0.05, 0) is 39.0 Å². The molecule has 7 nitrogen and oxygen atoms in total. The van der Waals surface area contributed by atoms with Crippen molar-refractivity contribution in [1.29, 1.82) is 0 Å². The molecule has 1 aromatic rings.